The molecule has 3 heteroatoms. The number of rotatable bonds is 6. The number of benzene rings is 1. The molecule has 1 aliphatic rings. The first-order valence-electron chi connectivity index (χ1n) is 6.99. The van der Waals surface area contributed by atoms with E-state index in [0.29, 0.717) is 5.75 Å². The van der Waals surface area contributed by atoms with Crippen molar-refractivity contribution in [3.05, 3.63) is 23.8 Å². The Balaban J connectivity index is 2.12. The second-order valence-electron chi connectivity index (χ2n) is 5.20. The molecule has 0 aliphatic heterocycles. The molecular formula is C15H24N2O. The molecule has 0 radical (unpaired) electrons. The Hall–Kier alpha value is -1.22. The summed E-state index contributed by atoms with van der Waals surface area (Å²) in [7, 11) is 0. The van der Waals surface area contributed by atoms with Gasteiger partial charge >= 0.3 is 0 Å². The van der Waals surface area contributed by atoms with Gasteiger partial charge in [-0.15, -0.1) is 0 Å². The van der Waals surface area contributed by atoms with Crippen LogP contribution in [0.3, 0.4) is 0 Å². The second kappa shape index (κ2) is 5.61. The van der Waals surface area contributed by atoms with E-state index in [2.05, 4.69) is 24.8 Å². The molecule has 1 saturated carbocycles. The van der Waals surface area contributed by atoms with E-state index in [1.807, 2.05) is 12.1 Å². The summed E-state index contributed by atoms with van der Waals surface area (Å²) >= 11 is 0. The number of nitrogens with zero attached hydrogens (tertiary/aromatic N) is 1. The van der Waals surface area contributed by atoms with Crippen LogP contribution >= 0.6 is 0 Å². The number of anilines is 1. The summed E-state index contributed by atoms with van der Waals surface area (Å²) in [6.07, 6.45) is 3.59. The molecule has 0 spiro atoms. The molecule has 0 bridgehead atoms. The highest BCUT2D eigenvalue weighted by Gasteiger charge is 2.25. The molecule has 0 amide bonds. The van der Waals surface area contributed by atoms with E-state index < -0.39 is 0 Å². The van der Waals surface area contributed by atoms with E-state index in [4.69, 9.17) is 5.73 Å². The molecular weight excluding hydrogens is 224 g/mol. The Labute approximate surface area is 110 Å². The number of aromatic hydroxyl groups is 1. The molecule has 3 N–H and O–H groups in total. The van der Waals surface area contributed by atoms with Crippen LogP contribution in [0.4, 0.5) is 5.69 Å². The maximum atomic E-state index is 10.1. The van der Waals surface area contributed by atoms with E-state index in [-0.39, 0.29) is 6.04 Å². The van der Waals surface area contributed by atoms with Gasteiger partial charge in [0.1, 0.15) is 5.75 Å². The topological polar surface area (TPSA) is 49.5 Å². The van der Waals surface area contributed by atoms with Gasteiger partial charge in [0.05, 0.1) is 0 Å². The first-order chi connectivity index (χ1) is 8.65. The zero-order valence-corrected chi connectivity index (χ0v) is 11.4. The van der Waals surface area contributed by atoms with Crippen molar-refractivity contribution in [1.82, 2.24) is 0 Å². The summed E-state index contributed by atoms with van der Waals surface area (Å²) in [6.45, 7) is 6.13. The molecule has 1 aromatic rings. The summed E-state index contributed by atoms with van der Waals surface area (Å²) in [5.74, 6) is 1.12. The third kappa shape index (κ3) is 2.96. The van der Waals surface area contributed by atoms with Crippen LogP contribution in [0.1, 0.15) is 44.7 Å². The predicted molar refractivity (Wildman–Crippen MR) is 75.9 cm³/mol. The van der Waals surface area contributed by atoms with Crippen LogP contribution < -0.4 is 10.6 Å². The molecule has 0 aromatic heterocycles. The maximum absolute atomic E-state index is 10.1. The summed E-state index contributed by atoms with van der Waals surface area (Å²) < 4.78 is 0. The Morgan fingerprint density at radius 1 is 1.33 bits per heavy atom. The average Bonchev–Trinajstić information content (AvgIpc) is 3.14. The molecule has 18 heavy (non-hydrogen) atoms. The van der Waals surface area contributed by atoms with Gasteiger partial charge in [0.25, 0.3) is 0 Å². The van der Waals surface area contributed by atoms with Crippen molar-refractivity contribution >= 4 is 5.69 Å². The van der Waals surface area contributed by atoms with E-state index in [9.17, 15) is 5.11 Å². The normalized spacial score (nSPS) is 16.6. The molecule has 2 rings (SSSR count). The molecule has 100 valence electrons. The molecule has 3 nitrogen and oxygen atoms in total. The molecule has 0 unspecified atom stereocenters. The fourth-order valence-corrected chi connectivity index (χ4v) is 2.47. The van der Waals surface area contributed by atoms with Crippen molar-refractivity contribution < 1.29 is 5.11 Å². The fourth-order valence-electron chi connectivity index (χ4n) is 2.47. The van der Waals surface area contributed by atoms with E-state index in [1.165, 1.54) is 12.8 Å². The maximum Gasteiger partial charge on any atom is 0.122 e. The Morgan fingerprint density at radius 2 is 2.00 bits per heavy atom. The van der Waals surface area contributed by atoms with Gasteiger partial charge in [-0.2, -0.15) is 0 Å². The third-order valence-corrected chi connectivity index (χ3v) is 3.83. The van der Waals surface area contributed by atoms with Gasteiger partial charge < -0.3 is 15.7 Å². The zero-order valence-electron chi connectivity index (χ0n) is 11.4. The smallest absolute Gasteiger partial charge is 0.122 e. The van der Waals surface area contributed by atoms with Crippen LogP contribution in [0.15, 0.2) is 18.2 Å². The van der Waals surface area contributed by atoms with Crippen molar-refractivity contribution in [2.75, 3.05) is 18.0 Å². The SMILES string of the molecule is CCN(CC)c1ccc([C@@H](N)CC2CC2)c(O)c1. The van der Waals surface area contributed by atoms with Crippen LogP contribution in [0.2, 0.25) is 0 Å². The summed E-state index contributed by atoms with van der Waals surface area (Å²) in [6, 6.07) is 5.86. The minimum Gasteiger partial charge on any atom is -0.508 e. The highest BCUT2D eigenvalue weighted by atomic mass is 16.3. The van der Waals surface area contributed by atoms with Crippen LogP contribution in [0, 0.1) is 5.92 Å². The molecule has 0 heterocycles. The lowest BCUT2D eigenvalue weighted by Gasteiger charge is -2.22. The highest BCUT2D eigenvalue weighted by Crippen LogP contribution is 2.39. The van der Waals surface area contributed by atoms with Gasteiger partial charge in [0.2, 0.25) is 0 Å². The summed E-state index contributed by atoms with van der Waals surface area (Å²) in [5, 5.41) is 10.1. The van der Waals surface area contributed by atoms with Gasteiger partial charge in [-0.1, -0.05) is 18.9 Å². The van der Waals surface area contributed by atoms with Crippen molar-refractivity contribution in [3.63, 3.8) is 0 Å². The Bertz CT molecular complexity index is 397. The van der Waals surface area contributed by atoms with Gasteiger partial charge in [-0.25, -0.2) is 0 Å². The highest BCUT2D eigenvalue weighted by molar-refractivity contribution is 5.54. The lowest BCUT2D eigenvalue weighted by Crippen LogP contribution is -2.21. The third-order valence-electron chi connectivity index (χ3n) is 3.83. The number of phenolic OH excluding ortho intramolecular Hbond substituents is 1. The lowest BCUT2D eigenvalue weighted by atomic mass is 10.0. The minimum atomic E-state index is -0.0248. The van der Waals surface area contributed by atoms with Gasteiger partial charge in [0.15, 0.2) is 0 Å². The molecule has 1 aromatic carbocycles. The van der Waals surface area contributed by atoms with Gasteiger partial charge in [0, 0.05) is 36.4 Å². The zero-order chi connectivity index (χ0) is 13.1. The van der Waals surface area contributed by atoms with Crippen LogP contribution in [0.5, 0.6) is 5.75 Å². The van der Waals surface area contributed by atoms with E-state index in [0.717, 1.165) is 36.7 Å². The summed E-state index contributed by atoms with van der Waals surface area (Å²) in [5.41, 5.74) is 8.11. The van der Waals surface area contributed by atoms with Crippen molar-refractivity contribution in [1.29, 1.82) is 0 Å². The number of hydrogen-bond acceptors (Lipinski definition) is 3. The Kier molecular flexibility index (Phi) is 4.12. The number of nitrogens with two attached hydrogens (primary N) is 1. The van der Waals surface area contributed by atoms with Crippen molar-refractivity contribution in [2.24, 2.45) is 11.7 Å². The average molecular weight is 248 g/mol. The quantitative estimate of drug-likeness (QED) is 0.813. The van der Waals surface area contributed by atoms with Crippen LogP contribution in [0.25, 0.3) is 0 Å². The van der Waals surface area contributed by atoms with Gasteiger partial charge in [-0.05, 0) is 32.3 Å². The number of phenols is 1. The molecule has 1 atom stereocenters. The van der Waals surface area contributed by atoms with Crippen LogP contribution in [-0.4, -0.2) is 18.2 Å². The standard InChI is InChI=1S/C15H24N2O/c1-3-17(4-2)12-7-8-13(15(18)10-12)14(16)9-11-5-6-11/h7-8,10-11,14,18H,3-6,9,16H2,1-2H3/t14-/m0/s1. The Morgan fingerprint density at radius 3 is 2.50 bits per heavy atom. The largest absolute Gasteiger partial charge is 0.508 e. The first-order valence-corrected chi connectivity index (χ1v) is 6.99. The molecule has 0 saturated heterocycles. The fraction of sp³-hybridized carbons (Fsp3) is 0.600. The second-order valence-corrected chi connectivity index (χ2v) is 5.20. The number of hydrogen-bond donors (Lipinski definition) is 2. The first kappa shape index (κ1) is 13.2. The van der Waals surface area contributed by atoms with E-state index >= 15 is 0 Å². The minimum absolute atomic E-state index is 0.0248. The van der Waals surface area contributed by atoms with Gasteiger partial charge in [-0.3, -0.25) is 0 Å². The van der Waals surface area contributed by atoms with Crippen molar-refractivity contribution in [3.8, 4) is 5.75 Å². The van der Waals surface area contributed by atoms with Crippen molar-refractivity contribution in [2.45, 2.75) is 39.2 Å². The lowest BCUT2D eigenvalue weighted by molar-refractivity contribution is 0.455. The molecule has 1 fully saturated rings. The van der Waals surface area contributed by atoms with E-state index in [1.54, 1.807) is 0 Å². The summed E-state index contributed by atoms with van der Waals surface area (Å²) in [4.78, 5) is 2.22. The molecule has 1 aliphatic carbocycles. The monoisotopic (exact) mass is 248 g/mol. The van der Waals surface area contributed by atoms with Crippen LogP contribution in [-0.2, 0) is 0 Å². The predicted octanol–water partition coefficient (Wildman–Crippen LogP) is 3.04.